The minimum Gasteiger partial charge on any atom is -0.309 e. The molecule has 0 radical (unpaired) electrons. The molecule has 1 heterocycles. The number of rotatable bonds is 3. The van der Waals surface area contributed by atoms with E-state index >= 15 is 0 Å². The molecule has 17 heavy (non-hydrogen) atoms. The monoisotopic (exact) mass is 313 g/mol. The van der Waals surface area contributed by atoms with Crippen molar-refractivity contribution >= 4 is 27.3 Å². The van der Waals surface area contributed by atoms with Gasteiger partial charge in [0.2, 0.25) is 0 Å². The van der Waals surface area contributed by atoms with Crippen LogP contribution in [0, 0.1) is 12.7 Å². The number of thiophene rings is 1. The molecule has 1 atom stereocenters. The fraction of sp³-hybridized carbons (Fsp3) is 0.231. The summed E-state index contributed by atoms with van der Waals surface area (Å²) in [5.41, 5.74) is 1.78. The van der Waals surface area contributed by atoms with Gasteiger partial charge in [-0.2, -0.15) is 0 Å². The van der Waals surface area contributed by atoms with Crippen molar-refractivity contribution in [2.24, 2.45) is 0 Å². The predicted molar refractivity (Wildman–Crippen MR) is 74.1 cm³/mol. The maximum absolute atomic E-state index is 13.9. The average molecular weight is 314 g/mol. The van der Waals surface area contributed by atoms with Crippen LogP contribution >= 0.6 is 27.3 Å². The zero-order valence-corrected chi connectivity index (χ0v) is 12.0. The molecule has 0 saturated carbocycles. The molecule has 2 aromatic rings. The van der Waals surface area contributed by atoms with Crippen LogP contribution in [0.3, 0.4) is 0 Å². The summed E-state index contributed by atoms with van der Waals surface area (Å²) < 4.78 is 14.7. The van der Waals surface area contributed by atoms with E-state index in [1.807, 2.05) is 19.2 Å². The van der Waals surface area contributed by atoms with E-state index < -0.39 is 0 Å². The van der Waals surface area contributed by atoms with Crippen LogP contribution in [-0.4, -0.2) is 7.05 Å². The van der Waals surface area contributed by atoms with E-state index in [-0.39, 0.29) is 11.9 Å². The van der Waals surface area contributed by atoms with Crippen LogP contribution in [0.2, 0.25) is 0 Å². The molecule has 1 nitrogen and oxygen atoms in total. The van der Waals surface area contributed by atoms with Gasteiger partial charge < -0.3 is 5.32 Å². The number of aryl methyl sites for hydroxylation is 1. The highest BCUT2D eigenvalue weighted by molar-refractivity contribution is 9.10. The molecule has 0 spiro atoms. The highest BCUT2D eigenvalue weighted by Crippen LogP contribution is 2.28. The first-order chi connectivity index (χ1) is 8.11. The normalized spacial score (nSPS) is 12.7. The fourth-order valence-electron chi connectivity index (χ4n) is 1.85. The molecular weight excluding hydrogens is 301 g/mol. The van der Waals surface area contributed by atoms with Crippen LogP contribution in [0.25, 0.3) is 0 Å². The molecule has 4 heteroatoms. The van der Waals surface area contributed by atoms with Gasteiger partial charge in [-0.05, 0) is 43.1 Å². The van der Waals surface area contributed by atoms with Crippen molar-refractivity contribution in [1.29, 1.82) is 0 Å². The Morgan fingerprint density at radius 3 is 2.65 bits per heavy atom. The summed E-state index contributed by atoms with van der Waals surface area (Å²) >= 11 is 4.95. The lowest BCUT2D eigenvalue weighted by Gasteiger charge is -2.16. The van der Waals surface area contributed by atoms with Gasteiger partial charge in [0.1, 0.15) is 5.82 Å². The van der Waals surface area contributed by atoms with Crippen molar-refractivity contribution in [1.82, 2.24) is 5.32 Å². The predicted octanol–water partition coefficient (Wildman–Crippen LogP) is 4.27. The number of benzene rings is 1. The summed E-state index contributed by atoms with van der Waals surface area (Å²) in [5, 5.41) is 5.23. The first-order valence-electron chi connectivity index (χ1n) is 5.29. The van der Waals surface area contributed by atoms with Gasteiger partial charge in [-0.3, -0.25) is 0 Å². The summed E-state index contributed by atoms with van der Waals surface area (Å²) in [6.07, 6.45) is 0. The standard InChI is InChI=1S/C13H13BrFNS/c1-8-5-9(7-17-8)13(16-2)11-4-3-10(14)6-12(11)15/h3-7,13,16H,1-2H3. The van der Waals surface area contributed by atoms with Gasteiger partial charge in [-0.25, -0.2) is 4.39 Å². The second-order valence-electron chi connectivity index (χ2n) is 3.88. The van der Waals surface area contributed by atoms with Crippen LogP contribution in [-0.2, 0) is 0 Å². The number of nitrogens with one attached hydrogen (secondary N) is 1. The van der Waals surface area contributed by atoms with E-state index in [9.17, 15) is 4.39 Å². The van der Waals surface area contributed by atoms with Gasteiger partial charge in [0.05, 0.1) is 6.04 Å². The molecule has 90 valence electrons. The third-order valence-corrected chi connectivity index (χ3v) is 4.02. The van der Waals surface area contributed by atoms with Gasteiger partial charge in [-0.15, -0.1) is 11.3 Å². The number of hydrogen-bond donors (Lipinski definition) is 1. The molecule has 0 fully saturated rings. The Kier molecular flexibility index (Phi) is 3.97. The lowest BCUT2D eigenvalue weighted by atomic mass is 10.0. The van der Waals surface area contributed by atoms with Crippen LogP contribution in [0.15, 0.2) is 34.1 Å². The first kappa shape index (κ1) is 12.7. The largest absolute Gasteiger partial charge is 0.309 e. The molecule has 0 bridgehead atoms. The highest BCUT2D eigenvalue weighted by Gasteiger charge is 2.17. The van der Waals surface area contributed by atoms with Crippen LogP contribution in [0.5, 0.6) is 0 Å². The topological polar surface area (TPSA) is 12.0 Å². The smallest absolute Gasteiger partial charge is 0.129 e. The van der Waals surface area contributed by atoms with Gasteiger partial charge in [0.15, 0.2) is 0 Å². The zero-order valence-electron chi connectivity index (χ0n) is 9.63. The van der Waals surface area contributed by atoms with E-state index in [0.29, 0.717) is 5.56 Å². The lowest BCUT2D eigenvalue weighted by Crippen LogP contribution is -2.18. The fourth-order valence-corrected chi connectivity index (χ4v) is 2.92. The molecule has 2 rings (SSSR count). The molecule has 0 aliphatic heterocycles. The Morgan fingerprint density at radius 1 is 1.35 bits per heavy atom. The first-order valence-corrected chi connectivity index (χ1v) is 6.96. The zero-order chi connectivity index (χ0) is 12.4. The van der Waals surface area contributed by atoms with E-state index in [1.165, 1.54) is 10.9 Å². The van der Waals surface area contributed by atoms with Crippen LogP contribution in [0.4, 0.5) is 4.39 Å². The number of halogens is 2. The lowest BCUT2D eigenvalue weighted by molar-refractivity contribution is 0.576. The summed E-state index contributed by atoms with van der Waals surface area (Å²) in [6, 6.07) is 7.18. The van der Waals surface area contributed by atoms with Crippen molar-refractivity contribution in [2.75, 3.05) is 7.05 Å². The van der Waals surface area contributed by atoms with Gasteiger partial charge in [0, 0.05) is 14.9 Å². The summed E-state index contributed by atoms with van der Waals surface area (Å²) in [6.45, 7) is 2.05. The SMILES string of the molecule is CNC(c1csc(C)c1)c1ccc(Br)cc1F. The third-order valence-electron chi connectivity index (χ3n) is 2.65. The quantitative estimate of drug-likeness (QED) is 0.892. The van der Waals surface area contributed by atoms with Gasteiger partial charge in [-0.1, -0.05) is 22.0 Å². The molecule has 0 aliphatic rings. The van der Waals surface area contributed by atoms with E-state index in [0.717, 1.165) is 10.0 Å². The molecule has 0 amide bonds. The third kappa shape index (κ3) is 2.76. The van der Waals surface area contributed by atoms with Crippen LogP contribution < -0.4 is 5.32 Å². The average Bonchev–Trinajstić information content (AvgIpc) is 2.69. The van der Waals surface area contributed by atoms with E-state index in [4.69, 9.17) is 0 Å². The minimum absolute atomic E-state index is 0.0898. The Balaban J connectivity index is 2.42. The molecular formula is C13H13BrFNS. The Labute approximate surface area is 113 Å². The van der Waals surface area contributed by atoms with Crippen molar-refractivity contribution in [3.05, 3.63) is 55.9 Å². The second-order valence-corrected chi connectivity index (χ2v) is 5.91. The summed E-state index contributed by atoms with van der Waals surface area (Å²) in [5.74, 6) is -0.192. The highest BCUT2D eigenvalue weighted by atomic mass is 79.9. The Morgan fingerprint density at radius 2 is 2.12 bits per heavy atom. The van der Waals surface area contributed by atoms with Crippen molar-refractivity contribution in [3.63, 3.8) is 0 Å². The molecule has 1 aromatic carbocycles. The summed E-state index contributed by atoms with van der Waals surface area (Å²) in [7, 11) is 1.85. The van der Waals surface area contributed by atoms with Crippen LogP contribution in [0.1, 0.15) is 22.0 Å². The number of hydrogen-bond acceptors (Lipinski definition) is 2. The van der Waals surface area contributed by atoms with E-state index in [2.05, 4.69) is 39.6 Å². The Bertz CT molecular complexity index is 524. The molecule has 1 N–H and O–H groups in total. The van der Waals surface area contributed by atoms with Gasteiger partial charge >= 0.3 is 0 Å². The van der Waals surface area contributed by atoms with Crippen molar-refractivity contribution in [3.8, 4) is 0 Å². The summed E-state index contributed by atoms with van der Waals surface area (Å²) in [4.78, 5) is 1.23. The maximum atomic E-state index is 13.9. The molecule has 0 aliphatic carbocycles. The maximum Gasteiger partial charge on any atom is 0.129 e. The minimum atomic E-state index is -0.192. The molecule has 0 saturated heterocycles. The van der Waals surface area contributed by atoms with Gasteiger partial charge in [0.25, 0.3) is 0 Å². The Hall–Kier alpha value is -0.710. The molecule has 1 unspecified atom stereocenters. The second kappa shape index (κ2) is 5.29. The van der Waals surface area contributed by atoms with Crippen molar-refractivity contribution < 1.29 is 4.39 Å². The van der Waals surface area contributed by atoms with Crippen molar-refractivity contribution in [2.45, 2.75) is 13.0 Å². The van der Waals surface area contributed by atoms with E-state index in [1.54, 1.807) is 11.3 Å². The molecule has 1 aromatic heterocycles.